The van der Waals surface area contributed by atoms with Crippen molar-refractivity contribution in [1.29, 1.82) is 5.26 Å². The van der Waals surface area contributed by atoms with Gasteiger partial charge in [0.25, 0.3) is 0 Å². The van der Waals surface area contributed by atoms with E-state index >= 15 is 0 Å². The van der Waals surface area contributed by atoms with Crippen LogP contribution in [0.2, 0.25) is 0 Å². The zero-order valence-corrected chi connectivity index (χ0v) is 14.1. The van der Waals surface area contributed by atoms with Crippen molar-refractivity contribution in [1.82, 2.24) is 4.98 Å². The van der Waals surface area contributed by atoms with Gasteiger partial charge in [-0.1, -0.05) is 12.1 Å². The Labute approximate surface area is 146 Å². The molecule has 1 amide bonds. The summed E-state index contributed by atoms with van der Waals surface area (Å²) < 4.78 is 14.1. The first kappa shape index (κ1) is 15.5. The van der Waals surface area contributed by atoms with Gasteiger partial charge in [-0.25, -0.2) is 9.37 Å². The average molecular weight is 352 g/mol. The number of nitrogen functional groups attached to an aromatic ring is 1. The van der Waals surface area contributed by atoms with Crippen LogP contribution in [0.15, 0.2) is 24.3 Å². The Hall–Kier alpha value is -2.98. The lowest BCUT2D eigenvalue weighted by Crippen LogP contribution is -2.22. The number of aryl methyl sites for hydroxylation is 1. The molecule has 0 fully saturated rings. The van der Waals surface area contributed by atoms with E-state index in [1.807, 2.05) is 6.92 Å². The number of hydrogen-bond donors (Lipinski definition) is 2. The third-order valence-corrected chi connectivity index (χ3v) is 5.73. The molecular formula is C18H13FN4OS. The number of benzene rings is 1. The smallest absolute Gasteiger partial charge is 0.225 e. The lowest BCUT2D eigenvalue weighted by atomic mass is 9.86. The fraction of sp³-hybridized carbons (Fsp3) is 0.167. The number of amides is 1. The summed E-state index contributed by atoms with van der Waals surface area (Å²) in [5, 5.41) is 12.9. The summed E-state index contributed by atoms with van der Waals surface area (Å²) in [5.41, 5.74) is 9.50. The molecule has 1 aliphatic rings. The van der Waals surface area contributed by atoms with Crippen LogP contribution in [-0.2, 0) is 4.79 Å². The Bertz CT molecular complexity index is 1070. The quantitative estimate of drug-likeness (QED) is 0.699. The molecule has 0 bridgehead atoms. The summed E-state index contributed by atoms with van der Waals surface area (Å²) in [4.78, 5) is 16.6. The molecule has 0 radical (unpaired) electrons. The third-order valence-electron chi connectivity index (χ3n) is 4.50. The number of nitrogens with zero attached hydrogens (tertiary/aromatic N) is 2. The summed E-state index contributed by atoms with van der Waals surface area (Å²) in [6.07, 6.45) is 0.255. The second-order valence-electron chi connectivity index (χ2n) is 5.99. The van der Waals surface area contributed by atoms with Gasteiger partial charge in [0.05, 0.1) is 15.8 Å². The molecule has 124 valence electrons. The molecular weight excluding hydrogens is 339 g/mol. The molecule has 0 aliphatic carbocycles. The maximum atomic E-state index is 13.3. The van der Waals surface area contributed by atoms with E-state index in [1.54, 1.807) is 12.1 Å². The van der Waals surface area contributed by atoms with Crippen molar-refractivity contribution >= 4 is 38.3 Å². The van der Waals surface area contributed by atoms with Gasteiger partial charge >= 0.3 is 0 Å². The molecule has 1 aliphatic heterocycles. The van der Waals surface area contributed by atoms with Gasteiger partial charge in [0.15, 0.2) is 0 Å². The molecule has 1 atom stereocenters. The number of hydrogen-bond acceptors (Lipinski definition) is 5. The highest BCUT2D eigenvalue weighted by molar-refractivity contribution is 7.23. The molecule has 0 saturated carbocycles. The number of halogens is 1. The lowest BCUT2D eigenvalue weighted by Gasteiger charge is -2.23. The molecule has 0 unspecified atom stereocenters. The van der Waals surface area contributed by atoms with Gasteiger partial charge in [0.1, 0.15) is 22.7 Å². The minimum atomic E-state index is -0.323. The van der Waals surface area contributed by atoms with Gasteiger partial charge in [-0.05, 0) is 30.2 Å². The maximum Gasteiger partial charge on any atom is 0.225 e. The van der Waals surface area contributed by atoms with Crippen molar-refractivity contribution in [3.8, 4) is 6.07 Å². The number of nitrogens with two attached hydrogens (primary N) is 1. The predicted octanol–water partition coefficient (Wildman–Crippen LogP) is 3.67. The number of aromatic nitrogens is 1. The van der Waals surface area contributed by atoms with Crippen LogP contribution in [-0.4, -0.2) is 10.9 Å². The Morgan fingerprint density at radius 1 is 1.40 bits per heavy atom. The van der Waals surface area contributed by atoms with E-state index in [2.05, 4.69) is 16.4 Å². The van der Waals surface area contributed by atoms with Crippen LogP contribution in [0.1, 0.15) is 34.6 Å². The van der Waals surface area contributed by atoms with Crippen LogP contribution >= 0.6 is 11.3 Å². The van der Waals surface area contributed by atoms with Crippen molar-refractivity contribution in [2.75, 3.05) is 11.1 Å². The highest BCUT2D eigenvalue weighted by Crippen LogP contribution is 2.47. The van der Waals surface area contributed by atoms with Gasteiger partial charge in [0, 0.05) is 17.9 Å². The molecule has 7 heteroatoms. The number of pyridine rings is 1. The van der Waals surface area contributed by atoms with Crippen LogP contribution in [0.4, 0.5) is 15.2 Å². The predicted molar refractivity (Wildman–Crippen MR) is 95.0 cm³/mol. The van der Waals surface area contributed by atoms with Crippen LogP contribution in [0.5, 0.6) is 0 Å². The van der Waals surface area contributed by atoms with E-state index in [-0.39, 0.29) is 29.9 Å². The summed E-state index contributed by atoms with van der Waals surface area (Å²) in [6.45, 7) is 1.83. The van der Waals surface area contributed by atoms with Crippen LogP contribution in [0.3, 0.4) is 0 Å². The normalized spacial score (nSPS) is 16.4. The number of carbonyl (C=O) groups excluding carboxylic acids is 1. The van der Waals surface area contributed by atoms with Crippen LogP contribution in [0, 0.1) is 24.1 Å². The first-order valence-corrected chi connectivity index (χ1v) is 8.49. The van der Waals surface area contributed by atoms with Gasteiger partial charge in [-0.3, -0.25) is 4.79 Å². The van der Waals surface area contributed by atoms with Gasteiger partial charge < -0.3 is 11.1 Å². The number of carbonyl (C=O) groups is 1. The Kier molecular flexibility index (Phi) is 3.44. The Morgan fingerprint density at radius 2 is 2.12 bits per heavy atom. The molecule has 0 saturated heterocycles. The number of rotatable bonds is 1. The maximum absolute atomic E-state index is 13.3. The number of thiophene rings is 1. The van der Waals surface area contributed by atoms with E-state index in [0.717, 1.165) is 21.4 Å². The second kappa shape index (κ2) is 5.53. The summed E-state index contributed by atoms with van der Waals surface area (Å²) in [5.74, 6) is -0.462. The molecule has 4 rings (SSSR count). The van der Waals surface area contributed by atoms with Crippen LogP contribution < -0.4 is 11.1 Å². The summed E-state index contributed by atoms with van der Waals surface area (Å²) >= 11 is 1.39. The molecule has 0 spiro atoms. The van der Waals surface area contributed by atoms with E-state index in [0.29, 0.717) is 16.1 Å². The summed E-state index contributed by atoms with van der Waals surface area (Å²) in [7, 11) is 0. The van der Waals surface area contributed by atoms with Crippen molar-refractivity contribution in [2.45, 2.75) is 19.3 Å². The monoisotopic (exact) mass is 352 g/mol. The van der Waals surface area contributed by atoms with Gasteiger partial charge in [-0.2, -0.15) is 5.26 Å². The fourth-order valence-corrected chi connectivity index (χ4v) is 4.51. The number of nitrogens with one attached hydrogen (secondary N) is 1. The van der Waals surface area contributed by atoms with E-state index in [1.165, 1.54) is 23.5 Å². The molecule has 3 aromatic rings. The van der Waals surface area contributed by atoms with E-state index in [4.69, 9.17) is 5.73 Å². The van der Waals surface area contributed by atoms with E-state index in [9.17, 15) is 14.4 Å². The Morgan fingerprint density at radius 3 is 2.80 bits per heavy atom. The minimum Gasteiger partial charge on any atom is -0.383 e. The SMILES string of the molecule is Cc1c(C#N)c(N)nc2c3c(sc12)NC(=O)C[C@H]3c1ccc(F)cc1. The third kappa shape index (κ3) is 2.34. The second-order valence-corrected chi connectivity index (χ2v) is 7.01. The average Bonchev–Trinajstić information content (AvgIpc) is 2.93. The standard InChI is InChI=1S/C18H13FN4OS/c1-8-12(7-20)17(21)23-15-14-11(9-2-4-10(19)5-3-9)6-13(24)22-18(14)25-16(8)15/h2-5,11H,6H2,1H3,(H2,21,23)(H,22,24)/t11-/m0/s1. The fourth-order valence-electron chi connectivity index (χ4n) is 3.28. The molecule has 3 N–H and O–H groups in total. The molecule has 2 aromatic heterocycles. The molecule has 5 nitrogen and oxygen atoms in total. The highest BCUT2D eigenvalue weighted by atomic mass is 32.1. The Balaban J connectivity index is 2.00. The number of nitriles is 1. The first-order valence-electron chi connectivity index (χ1n) is 7.67. The van der Waals surface area contributed by atoms with E-state index < -0.39 is 0 Å². The lowest BCUT2D eigenvalue weighted by molar-refractivity contribution is -0.116. The van der Waals surface area contributed by atoms with Crippen molar-refractivity contribution in [3.63, 3.8) is 0 Å². The molecule has 3 heterocycles. The zero-order chi connectivity index (χ0) is 17.7. The van der Waals surface area contributed by atoms with Crippen molar-refractivity contribution in [3.05, 3.63) is 52.3 Å². The topological polar surface area (TPSA) is 91.8 Å². The van der Waals surface area contributed by atoms with Crippen LogP contribution in [0.25, 0.3) is 10.2 Å². The molecule has 1 aromatic carbocycles. The van der Waals surface area contributed by atoms with Gasteiger partial charge in [0.2, 0.25) is 5.91 Å². The van der Waals surface area contributed by atoms with Crippen molar-refractivity contribution < 1.29 is 9.18 Å². The first-order chi connectivity index (χ1) is 12.0. The molecule has 25 heavy (non-hydrogen) atoms. The number of fused-ring (bicyclic) bond motifs is 3. The minimum absolute atomic E-state index is 0.0977. The number of anilines is 2. The zero-order valence-electron chi connectivity index (χ0n) is 13.3. The largest absolute Gasteiger partial charge is 0.383 e. The summed E-state index contributed by atoms with van der Waals surface area (Å²) in [6, 6.07) is 8.23. The highest BCUT2D eigenvalue weighted by Gasteiger charge is 2.32. The van der Waals surface area contributed by atoms with Gasteiger partial charge in [-0.15, -0.1) is 11.3 Å². The van der Waals surface area contributed by atoms with Crippen molar-refractivity contribution in [2.24, 2.45) is 0 Å².